The highest BCUT2D eigenvalue weighted by atomic mass is 16.5. The van der Waals surface area contributed by atoms with Gasteiger partial charge in [-0.05, 0) is 20.3 Å². The molecule has 1 N–H and O–H groups in total. The molecule has 4 nitrogen and oxygen atoms in total. The van der Waals surface area contributed by atoms with Crippen LogP contribution < -0.4 is 5.32 Å². The van der Waals surface area contributed by atoms with Crippen molar-refractivity contribution in [3.8, 4) is 0 Å². The van der Waals surface area contributed by atoms with Crippen molar-refractivity contribution in [3.05, 3.63) is 5.21 Å². The van der Waals surface area contributed by atoms with Gasteiger partial charge in [-0.25, -0.2) is 0 Å². The number of rotatable bonds is 15. The van der Waals surface area contributed by atoms with E-state index in [1.807, 2.05) is 13.8 Å². The van der Waals surface area contributed by atoms with Gasteiger partial charge >= 0.3 is 0 Å². The largest absolute Gasteiger partial charge is 0.633 e. The van der Waals surface area contributed by atoms with E-state index in [0.717, 1.165) is 12.8 Å². The zero-order valence-electron chi connectivity index (χ0n) is 15.2. The summed E-state index contributed by atoms with van der Waals surface area (Å²) < 4.78 is -0.210. The zero-order chi connectivity index (χ0) is 16.7. The molecule has 0 unspecified atom stereocenters. The number of unbranched alkanes of at least 4 members (excludes halogenated alkanes) is 8. The first-order valence-electron chi connectivity index (χ1n) is 9.41. The van der Waals surface area contributed by atoms with Crippen LogP contribution >= 0.6 is 0 Å². The number of nitrogens with zero attached hydrogens (tertiary/aromatic N) is 1. The van der Waals surface area contributed by atoms with Gasteiger partial charge in [0.2, 0.25) is 5.91 Å². The lowest BCUT2D eigenvalue weighted by atomic mass is 10.1. The average Bonchev–Trinajstić information content (AvgIpc) is 2.53. The molecule has 0 aliphatic rings. The summed E-state index contributed by atoms with van der Waals surface area (Å²) in [5, 5.41) is 14.9. The van der Waals surface area contributed by atoms with E-state index >= 15 is 0 Å². The van der Waals surface area contributed by atoms with Crippen LogP contribution in [0.1, 0.15) is 85.0 Å². The van der Waals surface area contributed by atoms with E-state index in [2.05, 4.69) is 12.2 Å². The highest BCUT2D eigenvalue weighted by Crippen LogP contribution is 2.10. The highest BCUT2D eigenvalue weighted by molar-refractivity contribution is 5.75. The molecule has 0 rings (SSSR count). The lowest BCUT2D eigenvalue weighted by Crippen LogP contribution is -2.46. The van der Waals surface area contributed by atoms with Gasteiger partial charge in [-0.2, -0.15) is 0 Å². The molecule has 0 radical (unpaired) electrons. The molecule has 132 valence electrons. The lowest BCUT2D eigenvalue weighted by molar-refractivity contribution is -0.875. The maximum Gasteiger partial charge on any atom is 0.220 e. The van der Waals surface area contributed by atoms with Gasteiger partial charge in [-0.15, -0.1) is 0 Å². The molecular formula is C18H38N2O2. The van der Waals surface area contributed by atoms with Crippen molar-refractivity contribution in [2.45, 2.75) is 85.0 Å². The molecule has 22 heavy (non-hydrogen) atoms. The first-order chi connectivity index (χ1) is 10.6. The third kappa shape index (κ3) is 12.0. The summed E-state index contributed by atoms with van der Waals surface area (Å²) in [5.41, 5.74) is 0. The maximum atomic E-state index is 12.0. The van der Waals surface area contributed by atoms with Crippen molar-refractivity contribution in [3.63, 3.8) is 0 Å². The van der Waals surface area contributed by atoms with E-state index in [0.29, 0.717) is 32.6 Å². The molecule has 0 aliphatic heterocycles. The van der Waals surface area contributed by atoms with Crippen LogP contribution in [0.25, 0.3) is 0 Å². The van der Waals surface area contributed by atoms with Gasteiger partial charge in [-0.3, -0.25) is 4.79 Å². The molecule has 0 spiro atoms. The molecule has 0 saturated carbocycles. The number of nitrogens with one attached hydrogen (secondary N) is 1. The summed E-state index contributed by atoms with van der Waals surface area (Å²) in [6, 6.07) is 0. The van der Waals surface area contributed by atoms with Gasteiger partial charge in [0.1, 0.15) is 0 Å². The Bertz CT molecular complexity index is 266. The van der Waals surface area contributed by atoms with Gasteiger partial charge in [-0.1, -0.05) is 58.3 Å². The van der Waals surface area contributed by atoms with E-state index in [9.17, 15) is 10.0 Å². The number of carbonyl (C=O) groups excluding carboxylic acids is 1. The zero-order valence-corrected chi connectivity index (χ0v) is 15.2. The second kappa shape index (κ2) is 14.0. The monoisotopic (exact) mass is 314 g/mol. The van der Waals surface area contributed by atoms with Crippen LogP contribution in [0.15, 0.2) is 0 Å². The number of amides is 1. The fraction of sp³-hybridized carbons (Fsp3) is 0.944. The summed E-state index contributed by atoms with van der Waals surface area (Å²) in [6.07, 6.45) is 12.0. The molecule has 0 atom stereocenters. The summed E-state index contributed by atoms with van der Waals surface area (Å²) in [5.74, 6) is 0.0988. The Morgan fingerprint density at radius 2 is 1.36 bits per heavy atom. The maximum absolute atomic E-state index is 12.0. The molecule has 0 aromatic carbocycles. The van der Waals surface area contributed by atoms with Crippen LogP contribution in [-0.4, -0.2) is 36.7 Å². The second-order valence-electron chi connectivity index (χ2n) is 6.34. The number of hydrogen-bond donors (Lipinski definition) is 1. The molecule has 0 heterocycles. The Hall–Kier alpha value is -0.610. The Balaban J connectivity index is 3.40. The molecule has 0 aliphatic carbocycles. The molecule has 0 bridgehead atoms. The van der Waals surface area contributed by atoms with Crippen molar-refractivity contribution < 1.29 is 9.44 Å². The van der Waals surface area contributed by atoms with Crippen molar-refractivity contribution in [2.75, 3.05) is 26.2 Å². The summed E-state index contributed by atoms with van der Waals surface area (Å²) in [6.45, 7) is 8.18. The van der Waals surface area contributed by atoms with Gasteiger partial charge in [0.05, 0.1) is 26.2 Å². The van der Waals surface area contributed by atoms with E-state index in [1.54, 1.807) is 0 Å². The third-order valence-electron chi connectivity index (χ3n) is 4.50. The van der Waals surface area contributed by atoms with Gasteiger partial charge in [0, 0.05) is 6.42 Å². The van der Waals surface area contributed by atoms with E-state index in [4.69, 9.17) is 0 Å². The Morgan fingerprint density at radius 1 is 0.864 bits per heavy atom. The number of hydrogen-bond acceptors (Lipinski definition) is 2. The van der Waals surface area contributed by atoms with Gasteiger partial charge < -0.3 is 15.2 Å². The van der Waals surface area contributed by atoms with Crippen LogP contribution in [0.5, 0.6) is 0 Å². The Labute approximate surface area is 137 Å². The fourth-order valence-corrected chi connectivity index (χ4v) is 2.62. The molecule has 0 aromatic heterocycles. The molecule has 4 heteroatoms. The van der Waals surface area contributed by atoms with E-state index < -0.39 is 0 Å². The summed E-state index contributed by atoms with van der Waals surface area (Å²) >= 11 is 0. The second-order valence-corrected chi connectivity index (χ2v) is 6.34. The van der Waals surface area contributed by atoms with Crippen LogP contribution in [0, 0.1) is 5.21 Å². The first kappa shape index (κ1) is 21.4. The molecule has 0 aromatic rings. The third-order valence-corrected chi connectivity index (χ3v) is 4.50. The molecule has 0 fully saturated rings. The minimum absolute atomic E-state index is 0.0988. The first-order valence-corrected chi connectivity index (χ1v) is 9.41. The van der Waals surface area contributed by atoms with E-state index in [-0.39, 0.29) is 10.6 Å². The minimum atomic E-state index is -0.210. The molecule has 0 saturated heterocycles. The van der Waals surface area contributed by atoms with Crippen LogP contribution in [0.2, 0.25) is 0 Å². The summed E-state index contributed by atoms with van der Waals surface area (Å²) in [7, 11) is 0. The Morgan fingerprint density at radius 3 is 1.86 bits per heavy atom. The standard InChI is InChI=1S/C18H38N2O2/c1-4-7-8-9-10-11-12-13-14-15-18(21)19-16-17-20(22,5-2)6-3/h4-17H2,1-3H3,(H,19,21). The van der Waals surface area contributed by atoms with Crippen LogP contribution in [0.3, 0.4) is 0 Å². The minimum Gasteiger partial charge on any atom is -0.633 e. The molecular weight excluding hydrogens is 276 g/mol. The predicted molar refractivity (Wildman–Crippen MR) is 94.4 cm³/mol. The van der Waals surface area contributed by atoms with Crippen molar-refractivity contribution in [1.82, 2.24) is 5.32 Å². The molecule has 1 amide bonds. The number of likely N-dealkylation sites (N-methyl/N-ethyl adjacent to an activating group) is 1. The topological polar surface area (TPSA) is 52.2 Å². The van der Waals surface area contributed by atoms with Crippen molar-refractivity contribution in [1.29, 1.82) is 0 Å². The highest BCUT2D eigenvalue weighted by Gasteiger charge is 2.11. The number of hydroxylamine groups is 3. The van der Waals surface area contributed by atoms with Gasteiger partial charge in [0.15, 0.2) is 0 Å². The number of carbonyl (C=O) groups is 1. The average molecular weight is 315 g/mol. The van der Waals surface area contributed by atoms with Crippen LogP contribution in [-0.2, 0) is 4.79 Å². The van der Waals surface area contributed by atoms with Gasteiger partial charge in [0.25, 0.3) is 0 Å². The van der Waals surface area contributed by atoms with E-state index in [1.165, 1.54) is 44.9 Å². The van der Waals surface area contributed by atoms with Crippen molar-refractivity contribution in [2.24, 2.45) is 0 Å². The van der Waals surface area contributed by atoms with Crippen molar-refractivity contribution >= 4 is 5.91 Å². The fourth-order valence-electron chi connectivity index (χ4n) is 2.62. The summed E-state index contributed by atoms with van der Waals surface area (Å²) in [4.78, 5) is 11.7. The lowest BCUT2D eigenvalue weighted by Gasteiger charge is -2.41. The SMILES string of the molecule is CCCCCCCCCCCC(=O)NCC[N+]([O-])(CC)CC. The van der Waals surface area contributed by atoms with Crippen LogP contribution in [0.4, 0.5) is 0 Å². The smallest absolute Gasteiger partial charge is 0.220 e. The quantitative estimate of drug-likeness (QED) is 0.277. The normalized spacial score (nSPS) is 11.6. The predicted octanol–water partition coefficient (Wildman–Crippen LogP) is 4.38. The Kier molecular flexibility index (Phi) is 13.6. The number of quaternary nitrogens is 1.